The summed E-state index contributed by atoms with van der Waals surface area (Å²) >= 11 is 11.4. The molecule has 4 heteroatoms. The molecule has 1 unspecified atom stereocenters. The number of halogens is 2. The highest BCUT2D eigenvalue weighted by molar-refractivity contribution is 6.42. The van der Waals surface area contributed by atoms with Gasteiger partial charge in [-0.25, -0.2) is 0 Å². The topological polar surface area (TPSA) is 46.2 Å². The third-order valence-corrected chi connectivity index (χ3v) is 2.28. The van der Waals surface area contributed by atoms with Gasteiger partial charge in [0.05, 0.1) is 10.0 Å². The van der Waals surface area contributed by atoms with Crippen molar-refractivity contribution in [1.29, 1.82) is 0 Å². The van der Waals surface area contributed by atoms with Gasteiger partial charge in [0.25, 0.3) is 0 Å². The Hall–Kier alpha value is -0.440. The summed E-state index contributed by atoms with van der Waals surface area (Å²) in [5.41, 5.74) is 6.17. The predicted octanol–water partition coefficient (Wildman–Crippen LogP) is 2.72. The van der Waals surface area contributed by atoms with E-state index in [9.17, 15) is 5.11 Å². The quantitative estimate of drug-likeness (QED) is 0.741. The highest BCUT2D eigenvalue weighted by Gasteiger charge is 2.09. The monoisotopic (exact) mass is 205 g/mol. The first-order valence-electron chi connectivity index (χ1n) is 3.46. The summed E-state index contributed by atoms with van der Waals surface area (Å²) in [6, 6.07) is 2.71. The van der Waals surface area contributed by atoms with Crippen LogP contribution in [-0.4, -0.2) is 5.11 Å². The van der Waals surface area contributed by atoms with E-state index in [1.165, 1.54) is 6.07 Å². The van der Waals surface area contributed by atoms with Crippen LogP contribution < -0.4 is 5.73 Å². The second-order valence-electron chi connectivity index (χ2n) is 2.61. The lowest BCUT2D eigenvalue weighted by atomic mass is 10.1. The average Bonchev–Trinajstić information content (AvgIpc) is 1.96. The number of phenols is 1. The molecule has 2 nitrogen and oxygen atoms in total. The van der Waals surface area contributed by atoms with Gasteiger partial charge >= 0.3 is 0 Å². The van der Waals surface area contributed by atoms with Crippen molar-refractivity contribution < 1.29 is 5.11 Å². The lowest BCUT2D eigenvalue weighted by Gasteiger charge is -2.09. The van der Waals surface area contributed by atoms with Gasteiger partial charge in [-0.15, -0.1) is 0 Å². The zero-order valence-corrected chi connectivity index (χ0v) is 8.02. The molecule has 0 fully saturated rings. The first kappa shape index (κ1) is 9.65. The van der Waals surface area contributed by atoms with E-state index >= 15 is 0 Å². The van der Waals surface area contributed by atoms with E-state index in [-0.39, 0.29) is 11.8 Å². The molecule has 0 bridgehead atoms. The largest absolute Gasteiger partial charge is 0.508 e. The van der Waals surface area contributed by atoms with Gasteiger partial charge in [0.1, 0.15) is 5.75 Å². The average molecular weight is 206 g/mol. The minimum atomic E-state index is -0.250. The van der Waals surface area contributed by atoms with Crippen LogP contribution in [0.3, 0.4) is 0 Å². The maximum absolute atomic E-state index is 9.36. The summed E-state index contributed by atoms with van der Waals surface area (Å²) in [4.78, 5) is 0. The Labute approximate surface area is 80.9 Å². The van der Waals surface area contributed by atoms with E-state index in [1.807, 2.05) is 0 Å². The fourth-order valence-electron chi connectivity index (χ4n) is 0.916. The van der Waals surface area contributed by atoms with Crippen LogP contribution >= 0.6 is 23.2 Å². The number of benzene rings is 1. The van der Waals surface area contributed by atoms with Crippen LogP contribution in [0.25, 0.3) is 0 Å². The number of phenolic OH excluding ortho intramolecular Hbond substituents is 1. The van der Waals surface area contributed by atoms with Crippen LogP contribution in [-0.2, 0) is 0 Å². The Morgan fingerprint density at radius 2 is 1.83 bits per heavy atom. The molecule has 0 saturated heterocycles. The van der Waals surface area contributed by atoms with Crippen LogP contribution in [0.2, 0.25) is 10.0 Å². The number of nitrogens with two attached hydrogens (primary N) is 1. The van der Waals surface area contributed by atoms with Gasteiger partial charge < -0.3 is 10.8 Å². The molecule has 12 heavy (non-hydrogen) atoms. The fraction of sp³-hybridized carbons (Fsp3) is 0.250. The number of hydrogen-bond acceptors (Lipinski definition) is 2. The summed E-state index contributed by atoms with van der Waals surface area (Å²) in [5, 5.41) is 10.1. The van der Waals surface area contributed by atoms with Crippen LogP contribution in [0.4, 0.5) is 0 Å². The second kappa shape index (κ2) is 3.52. The summed E-state index contributed by atoms with van der Waals surface area (Å²) in [7, 11) is 0. The molecule has 0 spiro atoms. The Bertz CT molecular complexity index is 299. The molecule has 1 atom stereocenters. The lowest BCUT2D eigenvalue weighted by Crippen LogP contribution is -2.04. The highest BCUT2D eigenvalue weighted by Crippen LogP contribution is 2.32. The minimum absolute atomic E-state index is 0.0828. The van der Waals surface area contributed by atoms with Crippen LogP contribution in [0, 0.1) is 0 Å². The van der Waals surface area contributed by atoms with Crippen molar-refractivity contribution in [1.82, 2.24) is 0 Å². The maximum Gasteiger partial charge on any atom is 0.121 e. The van der Waals surface area contributed by atoms with Crippen LogP contribution in [0.1, 0.15) is 18.5 Å². The molecule has 0 aromatic heterocycles. The van der Waals surface area contributed by atoms with Gasteiger partial charge in [-0.05, 0) is 13.0 Å². The Balaban J connectivity index is 3.23. The molecule has 1 aromatic carbocycles. The van der Waals surface area contributed by atoms with E-state index < -0.39 is 0 Å². The van der Waals surface area contributed by atoms with Crippen molar-refractivity contribution >= 4 is 23.2 Å². The van der Waals surface area contributed by atoms with Crippen molar-refractivity contribution in [2.24, 2.45) is 5.73 Å². The molecule has 0 aliphatic carbocycles. The predicted molar refractivity (Wildman–Crippen MR) is 50.7 cm³/mol. The van der Waals surface area contributed by atoms with Gasteiger partial charge in [0.15, 0.2) is 0 Å². The molecular formula is C8H9Cl2NO. The van der Waals surface area contributed by atoms with Crippen molar-refractivity contribution in [3.05, 3.63) is 27.7 Å². The van der Waals surface area contributed by atoms with Crippen LogP contribution in [0.15, 0.2) is 12.1 Å². The lowest BCUT2D eigenvalue weighted by molar-refractivity contribution is 0.464. The number of aromatic hydroxyl groups is 1. The smallest absolute Gasteiger partial charge is 0.121 e. The first-order chi connectivity index (χ1) is 5.52. The standard InChI is InChI=1S/C8H9Cl2NO/c1-4(11)5-2-6(9)7(10)3-8(5)12/h2-4,12H,11H2,1H3. The molecule has 0 aliphatic rings. The fourth-order valence-corrected chi connectivity index (χ4v) is 1.25. The maximum atomic E-state index is 9.36. The van der Waals surface area contributed by atoms with Crippen molar-refractivity contribution in [2.45, 2.75) is 13.0 Å². The summed E-state index contributed by atoms with van der Waals surface area (Å²) in [5.74, 6) is 0.0828. The third kappa shape index (κ3) is 1.83. The highest BCUT2D eigenvalue weighted by atomic mass is 35.5. The van der Waals surface area contributed by atoms with Gasteiger partial charge in [-0.2, -0.15) is 0 Å². The van der Waals surface area contributed by atoms with E-state index in [0.717, 1.165) is 0 Å². The Morgan fingerprint density at radius 3 is 2.33 bits per heavy atom. The zero-order valence-electron chi connectivity index (χ0n) is 6.51. The number of rotatable bonds is 1. The van der Waals surface area contributed by atoms with Gasteiger partial charge in [0, 0.05) is 17.7 Å². The van der Waals surface area contributed by atoms with Gasteiger partial charge in [-0.1, -0.05) is 23.2 Å². The van der Waals surface area contributed by atoms with E-state index in [2.05, 4.69) is 0 Å². The van der Waals surface area contributed by atoms with Gasteiger partial charge in [-0.3, -0.25) is 0 Å². The van der Waals surface area contributed by atoms with Crippen molar-refractivity contribution in [2.75, 3.05) is 0 Å². The molecule has 66 valence electrons. The molecule has 0 radical (unpaired) electrons. The summed E-state index contributed by atoms with van der Waals surface area (Å²) in [6.07, 6.45) is 0. The molecular weight excluding hydrogens is 197 g/mol. The molecule has 0 saturated carbocycles. The van der Waals surface area contributed by atoms with Crippen LogP contribution in [0.5, 0.6) is 5.75 Å². The molecule has 0 amide bonds. The number of hydrogen-bond donors (Lipinski definition) is 2. The molecule has 3 N–H and O–H groups in total. The summed E-state index contributed by atoms with van der Waals surface area (Å²) < 4.78 is 0. The minimum Gasteiger partial charge on any atom is -0.508 e. The second-order valence-corrected chi connectivity index (χ2v) is 3.43. The van der Waals surface area contributed by atoms with E-state index in [1.54, 1.807) is 13.0 Å². The molecule has 1 rings (SSSR count). The van der Waals surface area contributed by atoms with Crippen molar-refractivity contribution in [3.63, 3.8) is 0 Å². The third-order valence-electron chi connectivity index (χ3n) is 1.56. The molecule has 0 heterocycles. The zero-order chi connectivity index (χ0) is 9.30. The Morgan fingerprint density at radius 1 is 1.33 bits per heavy atom. The summed E-state index contributed by atoms with van der Waals surface area (Å²) in [6.45, 7) is 1.76. The first-order valence-corrected chi connectivity index (χ1v) is 4.21. The Kier molecular flexibility index (Phi) is 2.83. The molecule has 0 aliphatic heterocycles. The normalized spacial score (nSPS) is 13.0. The van der Waals surface area contributed by atoms with E-state index in [4.69, 9.17) is 28.9 Å². The van der Waals surface area contributed by atoms with E-state index in [0.29, 0.717) is 15.6 Å². The SMILES string of the molecule is CC(N)c1cc(Cl)c(Cl)cc1O. The van der Waals surface area contributed by atoms with Gasteiger partial charge in [0.2, 0.25) is 0 Å². The molecule has 1 aromatic rings. The van der Waals surface area contributed by atoms with Crippen molar-refractivity contribution in [3.8, 4) is 5.75 Å².